The average Bonchev–Trinajstić information content (AvgIpc) is 2.18. The van der Waals surface area contributed by atoms with Crippen LogP contribution in [0.3, 0.4) is 0 Å². The number of nitrogens with zero attached hydrogens (tertiary/aromatic N) is 1. The van der Waals surface area contributed by atoms with Crippen molar-refractivity contribution >= 4 is 34.2 Å². The Morgan fingerprint density at radius 2 is 2.00 bits per heavy atom. The van der Waals surface area contributed by atoms with E-state index in [0.29, 0.717) is 0 Å². The molecule has 0 radical (unpaired) electrons. The Labute approximate surface area is 111 Å². The second kappa shape index (κ2) is 5.51. The van der Waals surface area contributed by atoms with Crippen molar-refractivity contribution in [3.8, 4) is 5.75 Å². The highest BCUT2D eigenvalue weighted by molar-refractivity contribution is 14.1. The fourth-order valence-corrected chi connectivity index (χ4v) is 1.92. The zero-order valence-electron chi connectivity index (χ0n) is 7.86. The van der Waals surface area contributed by atoms with Gasteiger partial charge in [0.25, 0.3) is 6.43 Å². The summed E-state index contributed by atoms with van der Waals surface area (Å²) in [6.45, 7) is 0. The number of halogens is 7. The summed E-state index contributed by atoms with van der Waals surface area (Å²) in [6.07, 6.45) is -7.81. The summed E-state index contributed by atoms with van der Waals surface area (Å²) in [5.41, 5.74) is -1.01. The van der Waals surface area contributed by atoms with Crippen LogP contribution in [0.25, 0.3) is 0 Å². The molecule has 0 aliphatic carbocycles. The zero-order valence-corrected chi connectivity index (χ0v) is 10.8. The summed E-state index contributed by atoms with van der Waals surface area (Å²) in [7, 11) is 0. The van der Waals surface area contributed by atoms with Crippen LogP contribution in [-0.2, 0) is 5.88 Å². The predicted molar refractivity (Wildman–Crippen MR) is 58.2 cm³/mol. The van der Waals surface area contributed by atoms with E-state index in [0.717, 1.165) is 6.07 Å². The van der Waals surface area contributed by atoms with Gasteiger partial charge in [-0.25, -0.2) is 13.8 Å². The van der Waals surface area contributed by atoms with Crippen LogP contribution in [0.1, 0.15) is 17.8 Å². The average molecular weight is 387 g/mol. The maximum absolute atomic E-state index is 12.4. The van der Waals surface area contributed by atoms with E-state index in [4.69, 9.17) is 11.6 Å². The number of alkyl halides is 6. The number of hydrogen-bond donors (Lipinski definition) is 0. The van der Waals surface area contributed by atoms with E-state index in [1.54, 1.807) is 0 Å². The summed E-state index contributed by atoms with van der Waals surface area (Å²) < 4.78 is 64.4. The maximum Gasteiger partial charge on any atom is 0.573 e. The smallest absolute Gasteiger partial charge is 0.403 e. The molecule has 17 heavy (non-hydrogen) atoms. The summed E-state index contributed by atoms with van der Waals surface area (Å²) in [4.78, 5) is 3.32. The third-order valence-corrected chi connectivity index (χ3v) is 2.64. The molecule has 0 unspecified atom stereocenters. The van der Waals surface area contributed by atoms with Crippen LogP contribution in [0.5, 0.6) is 5.75 Å². The van der Waals surface area contributed by atoms with Crippen molar-refractivity contribution in [1.82, 2.24) is 4.98 Å². The van der Waals surface area contributed by atoms with E-state index < -0.39 is 30.1 Å². The largest absolute Gasteiger partial charge is 0.573 e. The Balaban J connectivity index is 3.21. The highest BCUT2D eigenvalue weighted by Crippen LogP contribution is 2.33. The SMILES string of the molecule is FC(F)c1cc(I)c(OC(F)(F)F)c(CCl)n1. The maximum atomic E-state index is 12.4. The number of pyridine rings is 1. The molecule has 0 N–H and O–H groups in total. The molecule has 96 valence electrons. The molecule has 0 aliphatic heterocycles. The summed E-state index contributed by atoms with van der Waals surface area (Å²) >= 11 is 6.80. The first-order valence-electron chi connectivity index (χ1n) is 4.03. The minimum Gasteiger partial charge on any atom is -0.403 e. The van der Waals surface area contributed by atoms with Crippen LogP contribution in [0, 0.1) is 3.57 Å². The van der Waals surface area contributed by atoms with Crippen molar-refractivity contribution in [2.45, 2.75) is 18.7 Å². The van der Waals surface area contributed by atoms with Gasteiger partial charge in [0.05, 0.1) is 15.1 Å². The van der Waals surface area contributed by atoms with Gasteiger partial charge in [0, 0.05) is 0 Å². The van der Waals surface area contributed by atoms with Gasteiger partial charge in [-0.1, -0.05) is 0 Å². The van der Waals surface area contributed by atoms with Gasteiger partial charge in [-0.2, -0.15) is 0 Å². The van der Waals surface area contributed by atoms with Crippen LogP contribution in [-0.4, -0.2) is 11.3 Å². The number of hydrogen-bond acceptors (Lipinski definition) is 2. The number of ether oxygens (including phenoxy) is 1. The van der Waals surface area contributed by atoms with E-state index in [2.05, 4.69) is 9.72 Å². The third-order valence-electron chi connectivity index (χ3n) is 1.59. The second-order valence-corrected chi connectivity index (χ2v) is 4.22. The van der Waals surface area contributed by atoms with Gasteiger partial charge in [0.1, 0.15) is 5.69 Å². The molecule has 0 atom stereocenters. The van der Waals surface area contributed by atoms with Crippen LogP contribution in [0.15, 0.2) is 6.07 Å². The quantitative estimate of drug-likeness (QED) is 0.439. The van der Waals surface area contributed by atoms with Crippen molar-refractivity contribution in [2.24, 2.45) is 0 Å². The zero-order chi connectivity index (χ0) is 13.2. The third kappa shape index (κ3) is 4.09. The van der Waals surface area contributed by atoms with E-state index in [9.17, 15) is 22.0 Å². The van der Waals surface area contributed by atoms with Gasteiger partial charge in [0.2, 0.25) is 0 Å². The Bertz CT molecular complexity index is 412. The molecule has 0 saturated carbocycles. The van der Waals surface area contributed by atoms with Crippen molar-refractivity contribution in [2.75, 3.05) is 0 Å². The minimum atomic E-state index is -4.92. The molecular weight excluding hydrogens is 383 g/mol. The summed E-state index contributed by atoms with van der Waals surface area (Å²) in [6, 6.07) is 0.822. The molecule has 1 aromatic heterocycles. The van der Waals surface area contributed by atoms with Gasteiger partial charge >= 0.3 is 6.36 Å². The molecular formula is C8H4ClF5INO. The van der Waals surface area contributed by atoms with Crippen molar-refractivity contribution < 1.29 is 26.7 Å². The molecule has 0 amide bonds. The van der Waals surface area contributed by atoms with Crippen molar-refractivity contribution in [3.63, 3.8) is 0 Å². The van der Waals surface area contributed by atoms with Gasteiger partial charge in [-0.05, 0) is 28.7 Å². The Kier molecular flexibility index (Phi) is 4.76. The van der Waals surface area contributed by atoms with Gasteiger partial charge < -0.3 is 4.74 Å². The molecule has 0 saturated heterocycles. The van der Waals surface area contributed by atoms with Crippen LogP contribution >= 0.6 is 34.2 Å². The molecule has 1 aromatic rings. The fourth-order valence-electron chi connectivity index (χ4n) is 0.998. The van der Waals surface area contributed by atoms with Gasteiger partial charge in [0.15, 0.2) is 5.75 Å². The normalized spacial score (nSPS) is 12.0. The first-order chi connectivity index (χ1) is 7.74. The van der Waals surface area contributed by atoms with E-state index in [1.807, 2.05) is 0 Å². The highest BCUT2D eigenvalue weighted by Gasteiger charge is 2.34. The van der Waals surface area contributed by atoms with E-state index in [-0.39, 0.29) is 9.26 Å². The standard InChI is InChI=1S/C8H4ClF5INO/c9-2-5-6(17-8(12,13)14)3(15)1-4(16-5)7(10)11/h1,7H,2H2. The van der Waals surface area contributed by atoms with Gasteiger partial charge in [-0.15, -0.1) is 24.8 Å². The second-order valence-electron chi connectivity index (χ2n) is 2.79. The van der Waals surface area contributed by atoms with Crippen LogP contribution < -0.4 is 4.74 Å². The lowest BCUT2D eigenvalue weighted by Crippen LogP contribution is -2.19. The molecule has 1 heterocycles. The topological polar surface area (TPSA) is 22.1 Å². The Morgan fingerprint density at radius 1 is 1.41 bits per heavy atom. The first kappa shape index (κ1) is 14.7. The molecule has 0 fully saturated rings. The lowest BCUT2D eigenvalue weighted by Gasteiger charge is -2.14. The number of rotatable bonds is 3. The van der Waals surface area contributed by atoms with E-state index >= 15 is 0 Å². The fraction of sp³-hybridized carbons (Fsp3) is 0.375. The molecule has 1 rings (SSSR count). The molecule has 0 bridgehead atoms. The molecule has 2 nitrogen and oxygen atoms in total. The lowest BCUT2D eigenvalue weighted by atomic mass is 10.3. The highest BCUT2D eigenvalue weighted by atomic mass is 127. The molecule has 0 aliphatic rings. The summed E-state index contributed by atoms with van der Waals surface area (Å²) in [5, 5.41) is 0. The molecule has 0 aromatic carbocycles. The lowest BCUT2D eigenvalue weighted by molar-refractivity contribution is -0.275. The van der Waals surface area contributed by atoms with E-state index in [1.165, 1.54) is 22.6 Å². The summed E-state index contributed by atoms with van der Waals surface area (Å²) in [5.74, 6) is -1.10. The van der Waals surface area contributed by atoms with Crippen molar-refractivity contribution in [3.05, 3.63) is 21.0 Å². The Morgan fingerprint density at radius 3 is 2.41 bits per heavy atom. The van der Waals surface area contributed by atoms with Crippen LogP contribution in [0.2, 0.25) is 0 Å². The first-order valence-corrected chi connectivity index (χ1v) is 5.65. The van der Waals surface area contributed by atoms with Crippen molar-refractivity contribution in [1.29, 1.82) is 0 Å². The number of aromatic nitrogens is 1. The predicted octanol–water partition coefficient (Wildman–Crippen LogP) is 4.26. The molecule has 0 spiro atoms. The van der Waals surface area contributed by atoms with Crippen LogP contribution in [0.4, 0.5) is 22.0 Å². The Hall–Kier alpha value is -0.380. The monoisotopic (exact) mass is 387 g/mol. The van der Waals surface area contributed by atoms with Gasteiger partial charge in [-0.3, -0.25) is 0 Å². The molecule has 9 heteroatoms. The minimum absolute atomic E-state index is 0.124.